The zero-order chi connectivity index (χ0) is 15.8. The molecule has 0 aliphatic heterocycles. The number of sulfonamides is 1. The molecular weight excluding hydrogens is 313 g/mol. The molecule has 0 bridgehead atoms. The van der Waals surface area contributed by atoms with Gasteiger partial charge in [0.05, 0.1) is 16.1 Å². The minimum atomic E-state index is -3.84. The quantitative estimate of drug-likeness (QED) is 0.844. The molecule has 3 N–H and O–H groups in total. The third kappa shape index (κ3) is 3.22. The van der Waals surface area contributed by atoms with E-state index in [0.29, 0.717) is 10.6 Å². The van der Waals surface area contributed by atoms with Crippen molar-refractivity contribution in [1.29, 1.82) is 0 Å². The van der Waals surface area contributed by atoms with Gasteiger partial charge in [-0.15, -0.1) is 11.3 Å². The lowest BCUT2D eigenvalue weighted by Gasteiger charge is -2.24. The number of nitrogen functional groups attached to an aromatic ring is 1. The van der Waals surface area contributed by atoms with Gasteiger partial charge in [0.1, 0.15) is 10.8 Å². The highest BCUT2D eigenvalue weighted by atomic mass is 32.2. The maximum absolute atomic E-state index is 13.4. The smallest absolute Gasteiger partial charge is 0.241 e. The van der Waals surface area contributed by atoms with Crippen LogP contribution in [0.4, 0.5) is 10.1 Å². The molecule has 1 aromatic heterocycles. The molecule has 1 aromatic carbocycles. The molecule has 0 amide bonds. The number of rotatable bonds is 4. The van der Waals surface area contributed by atoms with Crippen LogP contribution in [0.2, 0.25) is 0 Å². The van der Waals surface area contributed by atoms with Crippen molar-refractivity contribution in [2.45, 2.75) is 31.2 Å². The van der Waals surface area contributed by atoms with Crippen LogP contribution in [0.15, 0.2) is 28.6 Å². The first-order valence-electron chi connectivity index (χ1n) is 6.13. The average Bonchev–Trinajstić information content (AvgIpc) is 2.86. The molecular formula is C13H16FN3O2S2. The number of hydrogen-bond acceptors (Lipinski definition) is 5. The number of nitrogens with zero attached hydrogens (tertiary/aromatic N) is 1. The monoisotopic (exact) mass is 329 g/mol. The summed E-state index contributed by atoms with van der Waals surface area (Å²) in [6, 6.07) is 2.24. The highest BCUT2D eigenvalue weighted by Gasteiger charge is 2.31. The molecule has 0 fully saturated rings. The number of aryl methyl sites for hydroxylation is 1. The highest BCUT2D eigenvalue weighted by molar-refractivity contribution is 7.89. The predicted octanol–water partition coefficient (Wildman–Crippen LogP) is 2.39. The molecule has 21 heavy (non-hydrogen) atoms. The molecule has 0 aliphatic carbocycles. The molecule has 0 aliphatic rings. The van der Waals surface area contributed by atoms with Gasteiger partial charge in [-0.1, -0.05) is 0 Å². The second-order valence-corrected chi connectivity index (χ2v) is 7.75. The van der Waals surface area contributed by atoms with Gasteiger partial charge in [-0.3, -0.25) is 0 Å². The van der Waals surface area contributed by atoms with E-state index in [1.165, 1.54) is 18.3 Å². The van der Waals surface area contributed by atoms with Gasteiger partial charge < -0.3 is 5.73 Å². The molecule has 0 saturated carbocycles. The van der Waals surface area contributed by atoms with Crippen LogP contribution in [0.3, 0.4) is 0 Å². The van der Waals surface area contributed by atoms with Crippen LogP contribution >= 0.6 is 11.3 Å². The second kappa shape index (κ2) is 5.36. The van der Waals surface area contributed by atoms with Crippen LogP contribution < -0.4 is 10.5 Å². The van der Waals surface area contributed by atoms with Gasteiger partial charge >= 0.3 is 0 Å². The van der Waals surface area contributed by atoms with Crippen molar-refractivity contribution in [3.05, 3.63) is 40.1 Å². The Labute approximate surface area is 127 Å². The van der Waals surface area contributed by atoms with Crippen LogP contribution in [0.25, 0.3) is 0 Å². The number of nitrogens with two attached hydrogens (primary N) is 1. The minimum absolute atomic E-state index is 0.0361. The zero-order valence-electron chi connectivity index (χ0n) is 11.8. The summed E-state index contributed by atoms with van der Waals surface area (Å²) in [5.74, 6) is -0.634. The Morgan fingerprint density at radius 3 is 2.62 bits per heavy atom. The fourth-order valence-corrected chi connectivity index (χ4v) is 4.35. The number of aromatic nitrogens is 1. The minimum Gasteiger partial charge on any atom is -0.396 e. The van der Waals surface area contributed by atoms with Crippen molar-refractivity contribution in [2.24, 2.45) is 0 Å². The van der Waals surface area contributed by atoms with E-state index < -0.39 is 21.4 Å². The van der Waals surface area contributed by atoms with E-state index in [4.69, 9.17) is 5.73 Å². The second-order valence-electron chi connectivity index (χ2n) is 5.21. The lowest BCUT2D eigenvalue weighted by atomic mass is 10.1. The lowest BCUT2D eigenvalue weighted by molar-refractivity contribution is 0.469. The van der Waals surface area contributed by atoms with Crippen molar-refractivity contribution in [2.75, 3.05) is 5.73 Å². The maximum atomic E-state index is 13.4. The largest absolute Gasteiger partial charge is 0.396 e. The van der Waals surface area contributed by atoms with E-state index in [1.54, 1.807) is 25.4 Å². The Balaban J connectivity index is 2.42. The van der Waals surface area contributed by atoms with Gasteiger partial charge in [0, 0.05) is 11.6 Å². The fourth-order valence-electron chi connectivity index (χ4n) is 1.92. The number of anilines is 1. The van der Waals surface area contributed by atoms with E-state index in [9.17, 15) is 12.8 Å². The summed E-state index contributed by atoms with van der Waals surface area (Å²) in [7, 11) is -3.84. The van der Waals surface area contributed by atoms with Crippen LogP contribution in [-0.2, 0) is 15.6 Å². The Kier molecular flexibility index (Phi) is 4.05. The molecule has 0 spiro atoms. The summed E-state index contributed by atoms with van der Waals surface area (Å²) in [6.07, 6.45) is 1.61. The summed E-state index contributed by atoms with van der Waals surface area (Å²) in [5.41, 5.74) is 4.69. The van der Waals surface area contributed by atoms with Crippen LogP contribution in [-0.4, -0.2) is 13.4 Å². The molecule has 8 heteroatoms. The molecule has 2 aromatic rings. The molecule has 1 heterocycles. The Bertz CT molecular complexity index is 756. The number of thiazole rings is 1. The van der Waals surface area contributed by atoms with Crippen molar-refractivity contribution in [3.8, 4) is 0 Å². The Hall–Kier alpha value is -1.51. The van der Waals surface area contributed by atoms with Gasteiger partial charge in [-0.2, -0.15) is 4.72 Å². The number of benzene rings is 1. The van der Waals surface area contributed by atoms with Crippen molar-refractivity contribution >= 4 is 27.0 Å². The lowest BCUT2D eigenvalue weighted by Crippen LogP contribution is -2.41. The number of nitrogens with one attached hydrogen (secondary N) is 1. The number of hydrogen-bond donors (Lipinski definition) is 2. The molecule has 0 saturated heterocycles. The topological polar surface area (TPSA) is 85.1 Å². The molecule has 0 unspecified atom stereocenters. The van der Waals surface area contributed by atoms with E-state index in [-0.39, 0.29) is 10.6 Å². The van der Waals surface area contributed by atoms with Crippen LogP contribution in [0.5, 0.6) is 0 Å². The van der Waals surface area contributed by atoms with Gasteiger partial charge in [-0.05, 0) is 38.5 Å². The van der Waals surface area contributed by atoms with E-state index in [2.05, 4.69) is 9.71 Å². The Morgan fingerprint density at radius 2 is 2.05 bits per heavy atom. The van der Waals surface area contributed by atoms with Crippen LogP contribution in [0, 0.1) is 12.7 Å². The highest BCUT2D eigenvalue weighted by Crippen LogP contribution is 2.27. The molecule has 5 nitrogen and oxygen atoms in total. The first kappa shape index (κ1) is 15.9. The first-order chi connectivity index (χ1) is 9.63. The molecule has 114 valence electrons. The summed E-state index contributed by atoms with van der Waals surface area (Å²) < 4.78 is 41.0. The maximum Gasteiger partial charge on any atom is 0.241 e. The SMILES string of the molecule is Cc1cc(F)c(N)cc1S(=O)(=O)NC(C)(C)c1nccs1. The summed E-state index contributed by atoms with van der Waals surface area (Å²) >= 11 is 1.35. The van der Waals surface area contributed by atoms with E-state index in [1.807, 2.05) is 0 Å². The normalized spacial score (nSPS) is 12.6. The third-order valence-corrected chi connectivity index (χ3v) is 5.83. The standard InChI is InChI=1S/C13H16FN3O2S2/c1-8-6-9(14)10(15)7-11(8)21(18,19)17-13(2,3)12-16-4-5-20-12/h4-7,17H,15H2,1-3H3. The van der Waals surface area contributed by atoms with E-state index >= 15 is 0 Å². The predicted molar refractivity (Wildman–Crippen MR) is 81.0 cm³/mol. The van der Waals surface area contributed by atoms with Crippen molar-refractivity contribution in [1.82, 2.24) is 9.71 Å². The van der Waals surface area contributed by atoms with Crippen molar-refractivity contribution in [3.63, 3.8) is 0 Å². The zero-order valence-corrected chi connectivity index (χ0v) is 13.5. The third-order valence-electron chi connectivity index (χ3n) is 2.94. The number of halogens is 1. The van der Waals surface area contributed by atoms with Gasteiger partial charge in [0.25, 0.3) is 0 Å². The van der Waals surface area contributed by atoms with Crippen molar-refractivity contribution < 1.29 is 12.8 Å². The molecule has 2 rings (SSSR count). The van der Waals surface area contributed by atoms with Crippen LogP contribution in [0.1, 0.15) is 24.4 Å². The van der Waals surface area contributed by atoms with E-state index in [0.717, 1.165) is 12.1 Å². The first-order valence-corrected chi connectivity index (χ1v) is 8.49. The van der Waals surface area contributed by atoms with Gasteiger partial charge in [-0.25, -0.2) is 17.8 Å². The average molecular weight is 329 g/mol. The fraction of sp³-hybridized carbons (Fsp3) is 0.308. The molecule has 0 atom stereocenters. The Morgan fingerprint density at radius 1 is 1.38 bits per heavy atom. The summed E-state index contributed by atoms with van der Waals surface area (Å²) in [5, 5.41) is 2.41. The summed E-state index contributed by atoms with van der Waals surface area (Å²) in [6.45, 7) is 4.95. The summed E-state index contributed by atoms with van der Waals surface area (Å²) in [4.78, 5) is 4.09. The van der Waals surface area contributed by atoms with Gasteiger partial charge in [0.2, 0.25) is 10.0 Å². The van der Waals surface area contributed by atoms with Gasteiger partial charge in [0.15, 0.2) is 0 Å². The molecule has 0 radical (unpaired) electrons.